The van der Waals surface area contributed by atoms with Gasteiger partial charge in [-0.1, -0.05) is 36.2 Å². The summed E-state index contributed by atoms with van der Waals surface area (Å²) < 4.78 is 3.31. The first kappa shape index (κ1) is 15.1. The van der Waals surface area contributed by atoms with Crippen molar-refractivity contribution in [1.29, 1.82) is 0 Å². The van der Waals surface area contributed by atoms with E-state index in [1.165, 1.54) is 38.5 Å². The lowest BCUT2D eigenvalue weighted by atomic mass is 9.97. The number of nitrogens with zero attached hydrogens (tertiary/aromatic N) is 1. The lowest BCUT2D eigenvalue weighted by Gasteiger charge is -2.09. The maximum Gasteiger partial charge on any atom is 0.138 e. The van der Waals surface area contributed by atoms with Crippen molar-refractivity contribution in [2.45, 2.75) is 13.8 Å². The van der Waals surface area contributed by atoms with Gasteiger partial charge in [-0.2, -0.15) is 0 Å². The molecule has 4 aromatic rings. The van der Waals surface area contributed by atoms with Gasteiger partial charge in [0, 0.05) is 28.9 Å². The van der Waals surface area contributed by atoms with Crippen LogP contribution in [0, 0.1) is 13.8 Å². The summed E-state index contributed by atoms with van der Waals surface area (Å²) >= 11 is 1.60. The summed E-state index contributed by atoms with van der Waals surface area (Å²) in [4.78, 5) is 8.06. The van der Waals surface area contributed by atoms with E-state index in [9.17, 15) is 0 Å². The average molecular weight is 333 g/mol. The smallest absolute Gasteiger partial charge is 0.138 e. The minimum absolute atomic E-state index is 0.949. The topological polar surface area (TPSA) is 40.7 Å². The molecule has 2 heterocycles. The van der Waals surface area contributed by atoms with Gasteiger partial charge < -0.3 is 9.71 Å². The van der Waals surface area contributed by atoms with E-state index in [0.717, 1.165) is 11.3 Å². The Morgan fingerprint density at radius 1 is 1.08 bits per heavy atom. The Labute approximate surface area is 145 Å². The highest BCUT2D eigenvalue weighted by Crippen LogP contribution is 2.36. The van der Waals surface area contributed by atoms with Crippen LogP contribution in [0.25, 0.3) is 33.1 Å². The van der Waals surface area contributed by atoms with Gasteiger partial charge in [0.05, 0.1) is 5.52 Å². The minimum atomic E-state index is 0.949. The number of hydrogen-bond acceptors (Lipinski definition) is 3. The average Bonchev–Trinajstić information content (AvgIpc) is 2.96. The third kappa shape index (κ3) is 2.43. The van der Waals surface area contributed by atoms with Gasteiger partial charge in [0.15, 0.2) is 0 Å². The van der Waals surface area contributed by atoms with Gasteiger partial charge in [0.1, 0.15) is 5.65 Å². The van der Waals surface area contributed by atoms with Gasteiger partial charge >= 0.3 is 0 Å². The number of fused-ring (bicyclic) bond motifs is 3. The van der Waals surface area contributed by atoms with E-state index in [2.05, 4.69) is 71.0 Å². The normalized spacial score (nSPS) is 11.3. The van der Waals surface area contributed by atoms with Crippen LogP contribution in [0.1, 0.15) is 11.1 Å². The molecule has 0 unspecified atom stereocenters. The first-order valence-electron chi connectivity index (χ1n) is 7.94. The predicted octanol–water partition coefficient (Wildman–Crippen LogP) is 5.69. The second-order valence-electron chi connectivity index (χ2n) is 6.10. The van der Waals surface area contributed by atoms with Crippen molar-refractivity contribution in [2.75, 3.05) is 11.0 Å². The van der Waals surface area contributed by atoms with E-state index in [1.807, 2.05) is 12.5 Å². The molecule has 0 aliphatic carbocycles. The molecule has 0 saturated heterocycles. The fourth-order valence-electron chi connectivity index (χ4n) is 3.23. The Balaban J connectivity index is 2.05. The molecule has 2 N–H and O–H groups in total. The van der Waals surface area contributed by atoms with Gasteiger partial charge in [-0.25, -0.2) is 4.98 Å². The van der Waals surface area contributed by atoms with Crippen molar-refractivity contribution in [3.05, 3.63) is 59.8 Å². The quantitative estimate of drug-likeness (QED) is 0.473. The summed E-state index contributed by atoms with van der Waals surface area (Å²) in [5.41, 5.74) is 8.09. The van der Waals surface area contributed by atoms with Gasteiger partial charge in [-0.05, 0) is 54.3 Å². The SMILES string of the molecule is CSNc1cccc(-c2ccc(C)c3[nH]c4ncc(C)cc4c23)c1. The lowest BCUT2D eigenvalue weighted by Crippen LogP contribution is -1.87. The van der Waals surface area contributed by atoms with E-state index < -0.39 is 0 Å². The van der Waals surface area contributed by atoms with E-state index in [-0.39, 0.29) is 0 Å². The molecule has 3 nitrogen and oxygen atoms in total. The van der Waals surface area contributed by atoms with E-state index in [0.29, 0.717) is 0 Å². The molecule has 24 heavy (non-hydrogen) atoms. The second-order valence-corrected chi connectivity index (χ2v) is 6.71. The summed E-state index contributed by atoms with van der Waals surface area (Å²) in [6.45, 7) is 4.23. The number of rotatable bonds is 3. The van der Waals surface area contributed by atoms with Crippen LogP contribution in [0.4, 0.5) is 5.69 Å². The summed E-state index contributed by atoms with van der Waals surface area (Å²) in [5.74, 6) is 0. The zero-order valence-corrected chi connectivity index (χ0v) is 14.8. The molecule has 0 fully saturated rings. The Kier molecular flexibility index (Phi) is 3.69. The fraction of sp³-hybridized carbons (Fsp3) is 0.150. The van der Waals surface area contributed by atoms with Crippen LogP contribution in [0.5, 0.6) is 0 Å². The standard InChI is InChI=1S/C20H19N3S/c1-12-9-17-18-16(14-5-4-6-15(10-14)23-24-3)8-7-13(2)19(18)22-20(17)21-11-12/h4-11,23H,1-3H3,(H,21,22). The molecule has 0 saturated carbocycles. The Morgan fingerprint density at radius 2 is 1.96 bits per heavy atom. The van der Waals surface area contributed by atoms with Gasteiger partial charge in [-0.3, -0.25) is 0 Å². The van der Waals surface area contributed by atoms with Crippen LogP contribution >= 0.6 is 11.9 Å². The summed E-state index contributed by atoms with van der Waals surface area (Å²) in [5, 5.41) is 2.44. The molecule has 0 aliphatic rings. The number of H-pyrrole nitrogens is 1. The molecule has 4 rings (SSSR count). The van der Waals surface area contributed by atoms with Gasteiger partial charge in [0.25, 0.3) is 0 Å². The highest BCUT2D eigenvalue weighted by molar-refractivity contribution is 7.99. The van der Waals surface area contributed by atoms with Crippen molar-refractivity contribution >= 4 is 39.6 Å². The summed E-state index contributed by atoms with van der Waals surface area (Å²) in [7, 11) is 0. The Hall–Kier alpha value is -2.46. The molecule has 120 valence electrons. The van der Waals surface area contributed by atoms with E-state index in [1.54, 1.807) is 11.9 Å². The predicted molar refractivity (Wildman–Crippen MR) is 106 cm³/mol. The van der Waals surface area contributed by atoms with Crippen LogP contribution < -0.4 is 4.72 Å². The highest BCUT2D eigenvalue weighted by atomic mass is 32.2. The van der Waals surface area contributed by atoms with Crippen LogP contribution in [0.2, 0.25) is 0 Å². The molecule has 0 bridgehead atoms. The molecule has 0 aliphatic heterocycles. The largest absolute Gasteiger partial charge is 0.339 e. The number of aromatic nitrogens is 2. The zero-order chi connectivity index (χ0) is 16.7. The molecule has 2 aromatic carbocycles. The number of anilines is 1. The maximum absolute atomic E-state index is 4.57. The number of nitrogens with one attached hydrogen (secondary N) is 2. The first-order chi connectivity index (χ1) is 11.7. The van der Waals surface area contributed by atoms with Crippen LogP contribution in [-0.2, 0) is 0 Å². The number of aryl methyl sites for hydroxylation is 2. The van der Waals surface area contributed by atoms with Gasteiger partial charge in [0.2, 0.25) is 0 Å². The molecule has 0 radical (unpaired) electrons. The second kappa shape index (κ2) is 5.87. The zero-order valence-electron chi connectivity index (χ0n) is 14.0. The Morgan fingerprint density at radius 3 is 2.79 bits per heavy atom. The van der Waals surface area contributed by atoms with Crippen molar-refractivity contribution in [3.63, 3.8) is 0 Å². The summed E-state index contributed by atoms with van der Waals surface area (Å²) in [6.07, 6.45) is 3.95. The van der Waals surface area contributed by atoms with Crippen molar-refractivity contribution in [1.82, 2.24) is 9.97 Å². The summed E-state index contributed by atoms with van der Waals surface area (Å²) in [6, 6.07) is 15.2. The van der Waals surface area contributed by atoms with Crippen LogP contribution in [-0.4, -0.2) is 16.2 Å². The molecular weight excluding hydrogens is 314 g/mol. The van der Waals surface area contributed by atoms with Crippen molar-refractivity contribution in [2.24, 2.45) is 0 Å². The highest BCUT2D eigenvalue weighted by Gasteiger charge is 2.13. The first-order valence-corrected chi connectivity index (χ1v) is 9.17. The van der Waals surface area contributed by atoms with E-state index >= 15 is 0 Å². The number of pyridine rings is 1. The van der Waals surface area contributed by atoms with Crippen LogP contribution in [0.3, 0.4) is 0 Å². The Bertz CT molecular complexity index is 1050. The monoisotopic (exact) mass is 333 g/mol. The molecule has 0 atom stereocenters. The minimum Gasteiger partial charge on any atom is -0.339 e. The molecular formula is C20H19N3S. The van der Waals surface area contributed by atoms with Crippen molar-refractivity contribution < 1.29 is 0 Å². The molecule has 4 heteroatoms. The van der Waals surface area contributed by atoms with E-state index in [4.69, 9.17) is 0 Å². The number of hydrogen-bond donors (Lipinski definition) is 2. The number of aromatic amines is 1. The molecule has 0 spiro atoms. The third-order valence-electron chi connectivity index (χ3n) is 4.34. The molecule has 0 amide bonds. The number of benzene rings is 2. The molecule has 2 aromatic heterocycles. The van der Waals surface area contributed by atoms with Gasteiger partial charge in [-0.15, -0.1) is 0 Å². The fourth-order valence-corrected chi connectivity index (χ4v) is 3.60. The maximum atomic E-state index is 4.57. The van der Waals surface area contributed by atoms with Crippen LogP contribution in [0.15, 0.2) is 48.7 Å². The lowest BCUT2D eigenvalue weighted by molar-refractivity contribution is 1.29. The third-order valence-corrected chi connectivity index (χ3v) is 4.78. The van der Waals surface area contributed by atoms with Crippen molar-refractivity contribution in [3.8, 4) is 11.1 Å².